The van der Waals surface area contributed by atoms with Crippen LogP contribution in [-0.2, 0) is 13.2 Å². The standard InChI is InChI=1S/C19H25NO/c1-4-16(3)20-13-17-9-11-19(12-10-17)21-14-18-8-6-5-7-15(18)2/h5-12,16,20H,4,13-14H2,1-3H3/t16-/m0/s1. The summed E-state index contributed by atoms with van der Waals surface area (Å²) in [6, 6.07) is 17.2. The van der Waals surface area contributed by atoms with E-state index in [4.69, 9.17) is 4.74 Å². The van der Waals surface area contributed by atoms with E-state index in [2.05, 4.69) is 62.5 Å². The van der Waals surface area contributed by atoms with E-state index in [9.17, 15) is 0 Å². The lowest BCUT2D eigenvalue weighted by Crippen LogP contribution is -2.24. The van der Waals surface area contributed by atoms with E-state index in [1.807, 2.05) is 12.1 Å². The van der Waals surface area contributed by atoms with E-state index in [-0.39, 0.29) is 0 Å². The van der Waals surface area contributed by atoms with Crippen molar-refractivity contribution < 1.29 is 4.74 Å². The van der Waals surface area contributed by atoms with Crippen LogP contribution in [0.25, 0.3) is 0 Å². The van der Waals surface area contributed by atoms with Crippen LogP contribution in [0.1, 0.15) is 37.0 Å². The molecule has 0 bridgehead atoms. The van der Waals surface area contributed by atoms with Crippen molar-refractivity contribution in [1.82, 2.24) is 5.32 Å². The van der Waals surface area contributed by atoms with E-state index < -0.39 is 0 Å². The van der Waals surface area contributed by atoms with E-state index in [1.165, 1.54) is 16.7 Å². The van der Waals surface area contributed by atoms with Gasteiger partial charge < -0.3 is 10.1 Å². The van der Waals surface area contributed by atoms with E-state index in [0.717, 1.165) is 18.7 Å². The molecule has 0 unspecified atom stereocenters. The molecular weight excluding hydrogens is 258 g/mol. The Morgan fingerprint density at radius 1 is 1.05 bits per heavy atom. The van der Waals surface area contributed by atoms with Crippen molar-refractivity contribution in [3.63, 3.8) is 0 Å². The first kappa shape index (κ1) is 15.6. The largest absolute Gasteiger partial charge is 0.489 e. The van der Waals surface area contributed by atoms with Crippen LogP contribution in [0.15, 0.2) is 48.5 Å². The smallest absolute Gasteiger partial charge is 0.119 e. The number of nitrogens with one attached hydrogen (secondary N) is 1. The van der Waals surface area contributed by atoms with Crippen molar-refractivity contribution in [2.45, 2.75) is 46.4 Å². The lowest BCUT2D eigenvalue weighted by atomic mass is 10.1. The highest BCUT2D eigenvalue weighted by Crippen LogP contribution is 2.16. The Labute approximate surface area is 128 Å². The second-order valence-electron chi connectivity index (χ2n) is 5.55. The minimum atomic E-state index is 0.557. The van der Waals surface area contributed by atoms with Crippen LogP contribution in [0.4, 0.5) is 0 Å². The number of benzene rings is 2. The van der Waals surface area contributed by atoms with E-state index in [0.29, 0.717) is 12.6 Å². The summed E-state index contributed by atoms with van der Waals surface area (Å²) >= 11 is 0. The molecule has 0 amide bonds. The first-order chi connectivity index (χ1) is 10.2. The molecule has 0 aromatic heterocycles. The van der Waals surface area contributed by atoms with Gasteiger partial charge in [0.2, 0.25) is 0 Å². The molecule has 2 heteroatoms. The monoisotopic (exact) mass is 283 g/mol. The van der Waals surface area contributed by atoms with Gasteiger partial charge in [0.05, 0.1) is 0 Å². The molecular formula is C19H25NO. The fraction of sp³-hybridized carbons (Fsp3) is 0.368. The van der Waals surface area contributed by atoms with Gasteiger partial charge in [-0.15, -0.1) is 0 Å². The minimum absolute atomic E-state index is 0.557. The Balaban J connectivity index is 1.86. The zero-order chi connectivity index (χ0) is 15.1. The first-order valence-electron chi connectivity index (χ1n) is 7.68. The van der Waals surface area contributed by atoms with Crippen LogP contribution in [-0.4, -0.2) is 6.04 Å². The van der Waals surface area contributed by atoms with Gasteiger partial charge in [0.1, 0.15) is 12.4 Å². The van der Waals surface area contributed by atoms with Gasteiger partial charge in [0.25, 0.3) is 0 Å². The predicted octanol–water partition coefficient (Wildman–Crippen LogP) is 4.46. The van der Waals surface area contributed by atoms with Gasteiger partial charge in [-0.3, -0.25) is 0 Å². The molecule has 2 nitrogen and oxygen atoms in total. The maximum Gasteiger partial charge on any atom is 0.119 e. The summed E-state index contributed by atoms with van der Waals surface area (Å²) in [7, 11) is 0. The average Bonchev–Trinajstić information content (AvgIpc) is 2.53. The Morgan fingerprint density at radius 3 is 2.43 bits per heavy atom. The molecule has 0 spiro atoms. The van der Waals surface area contributed by atoms with Crippen LogP contribution in [0, 0.1) is 6.92 Å². The molecule has 0 heterocycles. The molecule has 2 rings (SSSR count). The highest BCUT2D eigenvalue weighted by molar-refractivity contribution is 5.29. The molecule has 1 atom stereocenters. The third kappa shape index (κ3) is 4.91. The molecule has 0 aliphatic carbocycles. The summed E-state index contributed by atoms with van der Waals surface area (Å²) in [5, 5.41) is 3.49. The summed E-state index contributed by atoms with van der Waals surface area (Å²) in [5.41, 5.74) is 3.80. The maximum absolute atomic E-state index is 5.85. The fourth-order valence-electron chi connectivity index (χ4n) is 2.07. The zero-order valence-electron chi connectivity index (χ0n) is 13.2. The van der Waals surface area contributed by atoms with Crippen molar-refractivity contribution in [1.29, 1.82) is 0 Å². The highest BCUT2D eigenvalue weighted by atomic mass is 16.5. The molecule has 0 aliphatic heterocycles. The molecule has 2 aromatic rings. The van der Waals surface area contributed by atoms with Crippen LogP contribution in [0.5, 0.6) is 5.75 Å². The number of aryl methyl sites for hydroxylation is 1. The second kappa shape index (κ2) is 7.84. The van der Waals surface area contributed by atoms with Gasteiger partial charge >= 0.3 is 0 Å². The number of hydrogen-bond acceptors (Lipinski definition) is 2. The second-order valence-corrected chi connectivity index (χ2v) is 5.55. The predicted molar refractivity (Wildman–Crippen MR) is 88.5 cm³/mol. The summed E-state index contributed by atoms with van der Waals surface area (Å²) in [6.07, 6.45) is 1.15. The number of rotatable bonds is 7. The third-order valence-corrected chi connectivity index (χ3v) is 3.85. The van der Waals surface area contributed by atoms with Gasteiger partial charge in [0.15, 0.2) is 0 Å². The summed E-state index contributed by atoms with van der Waals surface area (Å²) in [4.78, 5) is 0. The van der Waals surface area contributed by atoms with Crippen LogP contribution < -0.4 is 10.1 Å². The van der Waals surface area contributed by atoms with Gasteiger partial charge in [-0.25, -0.2) is 0 Å². The van der Waals surface area contributed by atoms with Gasteiger partial charge in [-0.1, -0.05) is 43.3 Å². The minimum Gasteiger partial charge on any atom is -0.489 e. The molecule has 21 heavy (non-hydrogen) atoms. The number of ether oxygens (including phenoxy) is 1. The van der Waals surface area contributed by atoms with E-state index >= 15 is 0 Å². The third-order valence-electron chi connectivity index (χ3n) is 3.85. The molecule has 1 N–H and O–H groups in total. The van der Waals surface area contributed by atoms with Crippen LogP contribution in [0.2, 0.25) is 0 Å². The van der Waals surface area contributed by atoms with Crippen molar-refractivity contribution in [2.24, 2.45) is 0 Å². The highest BCUT2D eigenvalue weighted by Gasteiger charge is 2.01. The van der Waals surface area contributed by atoms with Gasteiger partial charge in [-0.05, 0) is 49.1 Å². The summed E-state index contributed by atoms with van der Waals surface area (Å²) in [6.45, 7) is 8.05. The molecule has 112 valence electrons. The van der Waals surface area contributed by atoms with E-state index in [1.54, 1.807) is 0 Å². The zero-order valence-corrected chi connectivity index (χ0v) is 13.2. The van der Waals surface area contributed by atoms with Gasteiger partial charge in [-0.2, -0.15) is 0 Å². The molecule has 0 radical (unpaired) electrons. The molecule has 0 saturated heterocycles. The van der Waals surface area contributed by atoms with Crippen molar-refractivity contribution in [3.05, 3.63) is 65.2 Å². The topological polar surface area (TPSA) is 21.3 Å². The molecule has 0 saturated carbocycles. The Kier molecular flexibility index (Phi) is 5.82. The van der Waals surface area contributed by atoms with Gasteiger partial charge in [0, 0.05) is 12.6 Å². The number of hydrogen-bond donors (Lipinski definition) is 1. The van der Waals surface area contributed by atoms with Crippen molar-refractivity contribution in [3.8, 4) is 5.75 Å². The quantitative estimate of drug-likeness (QED) is 0.810. The molecule has 0 aliphatic rings. The summed E-state index contributed by atoms with van der Waals surface area (Å²) in [5.74, 6) is 0.922. The molecule has 2 aromatic carbocycles. The Bertz CT molecular complexity index is 548. The first-order valence-corrected chi connectivity index (χ1v) is 7.68. The van der Waals surface area contributed by atoms with Crippen LogP contribution in [0.3, 0.4) is 0 Å². The maximum atomic E-state index is 5.85. The average molecular weight is 283 g/mol. The lowest BCUT2D eigenvalue weighted by Gasteiger charge is -2.12. The Hall–Kier alpha value is -1.80. The fourth-order valence-corrected chi connectivity index (χ4v) is 2.07. The van der Waals surface area contributed by atoms with Crippen molar-refractivity contribution >= 4 is 0 Å². The van der Waals surface area contributed by atoms with Crippen LogP contribution >= 0.6 is 0 Å². The Morgan fingerprint density at radius 2 is 1.76 bits per heavy atom. The van der Waals surface area contributed by atoms with Crippen molar-refractivity contribution in [2.75, 3.05) is 0 Å². The SMILES string of the molecule is CC[C@H](C)NCc1ccc(OCc2ccccc2C)cc1. The molecule has 0 fully saturated rings. The lowest BCUT2D eigenvalue weighted by molar-refractivity contribution is 0.305. The summed E-state index contributed by atoms with van der Waals surface area (Å²) < 4.78 is 5.85. The normalized spacial score (nSPS) is 12.1.